The van der Waals surface area contributed by atoms with E-state index in [9.17, 15) is 0 Å². The van der Waals surface area contributed by atoms with Crippen LogP contribution >= 0.6 is 15.9 Å². The monoisotopic (exact) mass is 292 g/mol. The van der Waals surface area contributed by atoms with Crippen LogP contribution in [0.4, 0.5) is 5.95 Å². The summed E-state index contributed by atoms with van der Waals surface area (Å²) in [5.41, 5.74) is 0.780. The van der Waals surface area contributed by atoms with Crippen molar-refractivity contribution in [2.45, 2.75) is 25.8 Å². The molecule has 0 saturated carbocycles. The van der Waals surface area contributed by atoms with Gasteiger partial charge in [-0.2, -0.15) is 4.98 Å². The molecule has 0 aliphatic heterocycles. The Morgan fingerprint density at radius 1 is 1.65 bits per heavy atom. The third-order valence-electron chi connectivity index (χ3n) is 2.40. The van der Waals surface area contributed by atoms with E-state index in [0.717, 1.165) is 23.0 Å². The lowest BCUT2D eigenvalue weighted by Gasteiger charge is -2.08. The lowest BCUT2D eigenvalue weighted by molar-refractivity contribution is 0.747. The first-order chi connectivity index (χ1) is 8.24. The molecule has 2 aromatic heterocycles. The van der Waals surface area contributed by atoms with Gasteiger partial charge in [-0.1, -0.05) is 19.3 Å². The van der Waals surface area contributed by atoms with Gasteiger partial charge in [-0.15, -0.1) is 11.5 Å². The van der Waals surface area contributed by atoms with Gasteiger partial charge in [0.05, 0.1) is 10.5 Å². The van der Waals surface area contributed by atoms with Crippen LogP contribution in [-0.4, -0.2) is 20.6 Å². The molecule has 2 aromatic rings. The number of fused-ring (bicyclic) bond motifs is 1. The molecule has 17 heavy (non-hydrogen) atoms. The fourth-order valence-corrected chi connectivity index (χ4v) is 2.00. The Morgan fingerprint density at radius 2 is 2.47 bits per heavy atom. The van der Waals surface area contributed by atoms with E-state index in [4.69, 9.17) is 6.42 Å². The zero-order chi connectivity index (χ0) is 12.3. The number of nitrogens with zero attached hydrogens (tertiary/aromatic N) is 3. The van der Waals surface area contributed by atoms with Gasteiger partial charge in [-0.3, -0.25) is 0 Å². The van der Waals surface area contributed by atoms with Gasteiger partial charge in [0.25, 0.3) is 0 Å². The Morgan fingerprint density at radius 3 is 3.12 bits per heavy atom. The second-order valence-electron chi connectivity index (χ2n) is 3.71. The average molecular weight is 293 g/mol. The van der Waals surface area contributed by atoms with Crippen LogP contribution in [0.5, 0.6) is 0 Å². The molecule has 0 bridgehead atoms. The Balaban J connectivity index is 2.25. The maximum Gasteiger partial charge on any atom is 0.244 e. The van der Waals surface area contributed by atoms with Crippen molar-refractivity contribution in [3.63, 3.8) is 0 Å². The van der Waals surface area contributed by atoms with E-state index in [0.29, 0.717) is 5.95 Å². The summed E-state index contributed by atoms with van der Waals surface area (Å²) in [6.07, 6.45) is 9.23. The highest BCUT2D eigenvalue weighted by Gasteiger charge is 2.09. The van der Waals surface area contributed by atoms with Crippen LogP contribution in [0.2, 0.25) is 0 Å². The number of halogens is 1. The first-order valence-corrected chi connectivity index (χ1v) is 6.27. The van der Waals surface area contributed by atoms with Crippen molar-refractivity contribution >= 4 is 27.5 Å². The van der Waals surface area contributed by atoms with Gasteiger partial charge >= 0.3 is 0 Å². The maximum absolute atomic E-state index is 5.45. The SMILES string of the molecule is C#CC(CCC)Nc1nc2c(Br)cccn2n1. The van der Waals surface area contributed by atoms with E-state index in [-0.39, 0.29) is 6.04 Å². The van der Waals surface area contributed by atoms with Crippen molar-refractivity contribution in [3.8, 4) is 12.3 Å². The molecule has 0 spiro atoms. The van der Waals surface area contributed by atoms with Gasteiger partial charge in [0.1, 0.15) is 0 Å². The highest BCUT2D eigenvalue weighted by atomic mass is 79.9. The van der Waals surface area contributed by atoms with Crippen LogP contribution in [0.15, 0.2) is 22.8 Å². The zero-order valence-electron chi connectivity index (χ0n) is 9.52. The fourth-order valence-electron chi connectivity index (χ4n) is 1.58. The average Bonchev–Trinajstić information content (AvgIpc) is 2.72. The lowest BCUT2D eigenvalue weighted by atomic mass is 10.2. The molecule has 1 unspecified atom stereocenters. The van der Waals surface area contributed by atoms with Gasteiger partial charge in [0.2, 0.25) is 5.95 Å². The fraction of sp³-hybridized carbons (Fsp3) is 0.333. The Kier molecular flexibility index (Phi) is 3.64. The summed E-state index contributed by atoms with van der Waals surface area (Å²) >= 11 is 3.43. The minimum absolute atomic E-state index is 0.0174. The van der Waals surface area contributed by atoms with Crippen molar-refractivity contribution in [2.24, 2.45) is 0 Å². The highest BCUT2D eigenvalue weighted by Crippen LogP contribution is 2.17. The topological polar surface area (TPSA) is 42.2 Å². The summed E-state index contributed by atoms with van der Waals surface area (Å²) in [4.78, 5) is 4.38. The molecular formula is C12H13BrN4. The van der Waals surface area contributed by atoms with Crippen LogP contribution in [0.3, 0.4) is 0 Å². The number of terminal acetylenes is 1. The van der Waals surface area contributed by atoms with Crippen molar-refractivity contribution in [3.05, 3.63) is 22.8 Å². The van der Waals surface area contributed by atoms with Gasteiger partial charge < -0.3 is 5.32 Å². The summed E-state index contributed by atoms with van der Waals surface area (Å²) in [6.45, 7) is 2.10. The van der Waals surface area contributed by atoms with Crippen molar-refractivity contribution < 1.29 is 0 Å². The number of anilines is 1. The second kappa shape index (κ2) is 5.19. The predicted octanol–water partition coefficient (Wildman–Crippen LogP) is 2.71. The Bertz CT molecular complexity index is 555. The van der Waals surface area contributed by atoms with Crippen LogP contribution in [-0.2, 0) is 0 Å². The largest absolute Gasteiger partial charge is 0.339 e. The van der Waals surface area contributed by atoms with E-state index in [2.05, 4.69) is 44.2 Å². The number of hydrogen-bond donors (Lipinski definition) is 1. The first-order valence-electron chi connectivity index (χ1n) is 5.48. The standard InChI is InChI=1S/C12H13BrN4/c1-3-6-9(4-2)14-12-15-11-10(13)7-5-8-17(11)16-12/h2,5,7-9H,3,6H2,1H3,(H,14,16). The number of rotatable bonds is 4. The summed E-state index contributed by atoms with van der Waals surface area (Å²) < 4.78 is 2.62. The first kappa shape index (κ1) is 11.9. The van der Waals surface area contributed by atoms with Crippen LogP contribution < -0.4 is 5.32 Å². The number of pyridine rings is 1. The number of hydrogen-bond acceptors (Lipinski definition) is 3. The molecule has 88 valence electrons. The molecule has 2 rings (SSSR count). The number of nitrogens with one attached hydrogen (secondary N) is 1. The zero-order valence-corrected chi connectivity index (χ0v) is 11.1. The lowest BCUT2D eigenvalue weighted by Crippen LogP contribution is -2.17. The number of aromatic nitrogens is 3. The van der Waals surface area contributed by atoms with Crippen LogP contribution in [0, 0.1) is 12.3 Å². The van der Waals surface area contributed by atoms with Gasteiger partial charge in [-0.25, -0.2) is 4.52 Å². The van der Waals surface area contributed by atoms with Crippen LogP contribution in [0.1, 0.15) is 19.8 Å². The molecular weight excluding hydrogens is 280 g/mol. The highest BCUT2D eigenvalue weighted by molar-refractivity contribution is 9.10. The Hall–Kier alpha value is -1.54. The Labute approximate surface area is 109 Å². The van der Waals surface area contributed by atoms with Crippen LogP contribution in [0.25, 0.3) is 5.65 Å². The second-order valence-corrected chi connectivity index (χ2v) is 4.57. The van der Waals surface area contributed by atoms with E-state index in [1.807, 2.05) is 18.3 Å². The molecule has 0 amide bonds. The normalized spacial score (nSPS) is 12.3. The molecule has 1 atom stereocenters. The predicted molar refractivity (Wildman–Crippen MR) is 71.8 cm³/mol. The molecule has 0 saturated heterocycles. The molecule has 0 aromatic carbocycles. The summed E-state index contributed by atoms with van der Waals surface area (Å²) in [5, 5.41) is 7.46. The molecule has 4 nitrogen and oxygen atoms in total. The molecule has 0 radical (unpaired) electrons. The maximum atomic E-state index is 5.45. The minimum atomic E-state index is -0.0174. The summed E-state index contributed by atoms with van der Waals surface area (Å²) in [6, 6.07) is 3.81. The third kappa shape index (κ3) is 2.59. The summed E-state index contributed by atoms with van der Waals surface area (Å²) in [7, 11) is 0. The smallest absolute Gasteiger partial charge is 0.244 e. The van der Waals surface area contributed by atoms with E-state index < -0.39 is 0 Å². The molecule has 0 fully saturated rings. The van der Waals surface area contributed by atoms with Gasteiger partial charge in [0, 0.05) is 6.20 Å². The van der Waals surface area contributed by atoms with Gasteiger partial charge in [-0.05, 0) is 34.5 Å². The minimum Gasteiger partial charge on any atom is -0.339 e. The van der Waals surface area contributed by atoms with E-state index in [1.165, 1.54) is 0 Å². The van der Waals surface area contributed by atoms with Crippen molar-refractivity contribution in [1.29, 1.82) is 0 Å². The van der Waals surface area contributed by atoms with Gasteiger partial charge in [0.15, 0.2) is 5.65 Å². The van der Waals surface area contributed by atoms with Crippen molar-refractivity contribution in [2.75, 3.05) is 5.32 Å². The van der Waals surface area contributed by atoms with E-state index in [1.54, 1.807) is 4.52 Å². The van der Waals surface area contributed by atoms with Crippen molar-refractivity contribution in [1.82, 2.24) is 14.6 Å². The molecule has 5 heteroatoms. The van der Waals surface area contributed by atoms with E-state index >= 15 is 0 Å². The molecule has 0 aliphatic rings. The molecule has 1 N–H and O–H groups in total. The molecule has 0 aliphatic carbocycles. The quantitative estimate of drug-likeness (QED) is 0.881. The summed E-state index contributed by atoms with van der Waals surface area (Å²) in [5.74, 6) is 3.26. The molecule has 2 heterocycles. The third-order valence-corrected chi connectivity index (χ3v) is 3.02.